The number of esters is 3. The highest BCUT2D eigenvalue weighted by Gasteiger charge is 2.28. The molecule has 0 aliphatic carbocycles. The minimum atomic E-state index is -4.75. The molecule has 11 nitrogen and oxygen atoms in total. The predicted octanol–water partition coefficient (Wildman–Crippen LogP) is 18.1. The largest absolute Gasteiger partial charge is 0.472 e. The van der Waals surface area contributed by atoms with Crippen molar-refractivity contribution in [3.8, 4) is 0 Å². The molecule has 0 aromatic heterocycles. The van der Waals surface area contributed by atoms with Crippen LogP contribution in [0.1, 0.15) is 290 Å². The average Bonchev–Trinajstić information content (AvgIpc) is 3.39. The third-order valence-electron chi connectivity index (χ3n) is 13.3. The first-order valence-corrected chi connectivity index (χ1v) is 32.0. The summed E-state index contributed by atoms with van der Waals surface area (Å²) in [5.41, 5.74) is 0. The maximum absolute atomic E-state index is 12.9. The van der Waals surface area contributed by atoms with Crippen molar-refractivity contribution in [2.45, 2.75) is 303 Å². The summed E-state index contributed by atoms with van der Waals surface area (Å²) in [6, 6.07) is 0. The van der Waals surface area contributed by atoms with Gasteiger partial charge in [0.1, 0.15) is 12.7 Å². The van der Waals surface area contributed by atoms with Gasteiger partial charge in [0, 0.05) is 19.3 Å². The van der Waals surface area contributed by atoms with Gasteiger partial charge in [-0.3, -0.25) is 23.4 Å². The number of hydrogen-bond acceptors (Lipinski definition) is 10. The Bertz CT molecular complexity index is 1430. The second-order valence-corrected chi connectivity index (χ2v) is 22.0. The number of phosphoric acid groups is 1. The first-order valence-electron chi connectivity index (χ1n) is 30.5. The Morgan fingerprint density at radius 1 is 0.392 bits per heavy atom. The van der Waals surface area contributed by atoms with Gasteiger partial charge in [-0.25, -0.2) is 4.57 Å². The normalized spacial score (nSPS) is 13.6. The van der Waals surface area contributed by atoms with Crippen LogP contribution in [0.2, 0.25) is 0 Å². The molecular formula is C62H113O11P. The van der Waals surface area contributed by atoms with Crippen LogP contribution in [-0.4, -0.2) is 66.5 Å². The van der Waals surface area contributed by atoms with Crippen molar-refractivity contribution in [2.75, 3.05) is 26.4 Å². The van der Waals surface area contributed by atoms with Gasteiger partial charge < -0.3 is 24.2 Å². The molecule has 3 unspecified atom stereocenters. The molecule has 0 aromatic carbocycles. The molecule has 0 saturated heterocycles. The van der Waals surface area contributed by atoms with Crippen molar-refractivity contribution in [1.29, 1.82) is 0 Å². The fraction of sp³-hybridized carbons (Fsp3) is 0.823. The number of ether oxygens (including phenoxy) is 3. The number of aliphatic hydroxyl groups excluding tert-OH is 1. The van der Waals surface area contributed by atoms with E-state index in [2.05, 4.69) is 69.4 Å². The van der Waals surface area contributed by atoms with E-state index in [0.29, 0.717) is 19.3 Å². The fourth-order valence-electron chi connectivity index (χ4n) is 8.64. The standard InChI is InChI=1S/C62H113O11P/c1-4-7-10-13-16-19-22-24-26-28-29-31-33-35-38-41-44-47-50-53-62(66)73-59(55-69-60(64)51-48-45-42-39-36-21-18-15-12-9-6-3)57-71-74(67,68)70-56-58(54-63)72-61(65)52-49-46-43-40-37-34-32-30-27-25-23-20-17-14-11-8-5-2/h7,10,16,19,24,26,29,31,58-59,63H,4-6,8-9,11-15,17-18,20-23,25,27-28,30,32-57H2,1-3H3,(H,67,68)/b10-7-,19-16-,26-24-,31-29-. The molecule has 0 aliphatic heterocycles. The highest BCUT2D eigenvalue weighted by Crippen LogP contribution is 2.43. The van der Waals surface area contributed by atoms with Crippen molar-refractivity contribution in [1.82, 2.24) is 0 Å². The Morgan fingerprint density at radius 3 is 1.08 bits per heavy atom. The second-order valence-electron chi connectivity index (χ2n) is 20.5. The van der Waals surface area contributed by atoms with Crippen LogP contribution in [0.25, 0.3) is 0 Å². The SMILES string of the molecule is CC/C=C\C/C=C\C/C=C\C/C=C\CCCCCCCCC(=O)OC(COC(=O)CCCCCCCCCCCCC)COP(=O)(O)OCC(CO)OC(=O)CCCCCCCCCCCCCCCCCCC. The highest BCUT2D eigenvalue weighted by atomic mass is 31.2. The molecule has 0 fully saturated rings. The van der Waals surface area contributed by atoms with Gasteiger partial charge in [0.15, 0.2) is 6.10 Å². The molecule has 74 heavy (non-hydrogen) atoms. The lowest BCUT2D eigenvalue weighted by atomic mass is 10.0. The summed E-state index contributed by atoms with van der Waals surface area (Å²) < 4.78 is 39.6. The molecule has 0 saturated carbocycles. The summed E-state index contributed by atoms with van der Waals surface area (Å²) >= 11 is 0. The van der Waals surface area contributed by atoms with E-state index in [9.17, 15) is 28.9 Å². The second kappa shape index (κ2) is 56.6. The molecule has 0 aliphatic rings. The minimum Gasteiger partial charge on any atom is -0.462 e. The van der Waals surface area contributed by atoms with E-state index in [0.717, 1.165) is 103 Å². The zero-order chi connectivity index (χ0) is 54.1. The van der Waals surface area contributed by atoms with Gasteiger partial charge in [-0.05, 0) is 57.8 Å². The fourth-order valence-corrected chi connectivity index (χ4v) is 9.43. The molecule has 0 amide bonds. The van der Waals surface area contributed by atoms with E-state index in [1.165, 1.54) is 128 Å². The lowest BCUT2D eigenvalue weighted by Gasteiger charge is -2.21. The van der Waals surface area contributed by atoms with Gasteiger partial charge in [-0.2, -0.15) is 0 Å². The van der Waals surface area contributed by atoms with Crippen LogP contribution in [-0.2, 0) is 42.2 Å². The maximum atomic E-state index is 12.9. The number of rotatable bonds is 57. The summed E-state index contributed by atoms with van der Waals surface area (Å²) in [6.07, 6.45) is 60.6. The molecule has 2 N–H and O–H groups in total. The van der Waals surface area contributed by atoms with Gasteiger partial charge in [-0.15, -0.1) is 0 Å². The molecule has 3 atom stereocenters. The van der Waals surface area contributed by atoms with E-state index in [1.807, 2.05) is 0 Å². The van der Waals surface area contributed by atoms with Crippen LogP contribution in [0.5, 0.6) is 0 Å². The van der Waals surface area contributed by atoms with Crippen molar-refractivity contribution >= 4 is 25.7 Å². The van der Waals surface area contributed by atoms with Crippen LogP contribution < -0.4 is 0 Å². The van der Waals surface area contributed by atoms with Crippen molar-refractivity contribution in [2.24, 2.45) is 0 Å². The first-order chi connectivity index (χ1) is 36.2. The van der Waals surface area contributed by atoms with Crippen molar-refractivity contribution in [3.05, 3.63) is 48.6 Å². The van der Waals surface area contributed by atoms with Crippen molar-refractivity contribution < 1.29 is 52.2 Å². The Hall–Kier alpha value is -2.56. The van der Waals surface area contributed by atoms with Gasteiger partial charge in [-0.1, -0.05) is 262 Å². The number of allylic oxidation sites excluding steroid dienone is 8. The topological polar surface area (TPSA) is 155 Å². The summed E-state index contributed by atoms with van der Waals surface area (Å²) in [5.74, 6) is -1.46. The van der Waals surface area contributed by atoms with Crippen LogP contribution in [0.4, 0.5) is 0 Å². The third kappa shape index (κ3) is 54.2. The smallest absolute Gasteiger partial charge is 0.462 e. The number of aliphatic hydroxyl groups is 1. The number of unbranched alkanes of at least 4 members (excludes halogenated alkanes) is 32. The minimum absolute atomic E-state index is 0.154. The van der Waals surface area contributed by atoms with Crippen LogP contribution in [0.3, 0.4) is 0 Å². The Labute approximate surface area is 453 Å². The summed E-state index contributed by atoms with van der Waals surface area (Å²) in [7, 11) is -4.75. The van der Waals surface area contributed by atoms with E-state index in [4.69, 9.17) is 23.3 Å². The molecule has 0 spiro atoms. The predicted molar refractivity (Wildman–Crippen MR) is 307 cm³/mol. The Morgan fingerprint density at radius 2 is 0.703 bits per heavy atom. The summed E-state index contributed by atoms with van der Waals surface area (Å²) in [5, 5.41) is 9.83. The summed E-state index contributed by atoms with van der Waals surface area (Å²) in [6.45, 7) is 4.56. The number of carbonyl (C=O) groups is 3. The van der Waals surface area contributed by atoms with E-state index >= 15 is 0 Å². The molecule has 0 radical (unpaired) electrons. The third-order valence-corrected chi connectivity index (χ3v) is 14.2. The molecule has 0 rings (SSSR count). The molecule has 432 valence electrons. The maximum Gasteiger partial charge on any atom is 0.472 e. The monoisotopic (exact) mass is 1060 g/mol. The zero-order valence-electron chi connectivity index (χ0n) is 47.8. The molecular weight excluding hydrogens is 952 g/mol. The average molecular weight is 1070 g/mol. The number of hydrogen-bond donors (Lipinski definition) is 2. The number of phosphoric ester groups is 1. The Kier molecular flexibility index (Phi) is 54.7. The lowest BCUT2D eigenvalue weighted by molar-refractivity contribution is -0.161. The Balaban J connectivity index is 4.64. The highest BCUT2D eigenvalue weighted by molar-refractivity contribution is 7.47. The van der Waals surface area contributed by atoms with Gasteiger partial charge in [0.2, 0.25) is 0 Å². The van der Waals surface area contributed by atoms with E-state index in [1.54, 1.807) is 0 Å². The molecule has 12 heteroatoms. The molecule has 0 bridgehead atoms. The van der Waals surface area contributed by atoms with E-state index in [-0.39, 0.29) is 25.9 Å². The zero-order valence-corrected chi connectivity index (χ0v) is 48.7. The van der Waals surface area contributed by atoms with Gasteiger partial charge in [0.25, 0.3) is 0 Å². The number of carbonyl (C=O) groups excluding carboxylic acids is 3. The van der Waals surface area contributed by atoms with Crippen LogP contribution in [0, 0.1) is 0 Å². The van der Waals surface area contributed by atoms with Crippen molar-refractivity contribution in [3.63, 3.8) is 0 Å². The summed E-state index contributed by atoms with van der Waals surface area (Å²) in [4.78, 5) is 48.6. The van der Waals surface area contributed by atoms with E-state index < -0.39 is 57.8 Å². The van der Waals surface area contributed by atoms with Gasteiger partial charge >= 0.3 is 25.7 Å². The first kappa shape index (κ1) is 71.4. The quantitative estimate of drug-likeness (QED) is 0.0197. The lowest BCUT2D eigenvalue weighted by Crippen LogP contribution is -2.30. The van der Waals surface area contributed by atoms with Gasteiger partial charge in [0.05, 0.1) is 19.8 Å². The molecule has 0 heterocycles. The van der Waals surface area contributed by atoms with Crippen LogP contribution in [0.15, 0.2) is 48.6 Å². The van der Waals surface area contributed by atoms with Crippen LogP contribution >= 0.6 is 7.82 Å². The molecule has 0 aromatic rings.